The molecule has 0 aromatic rings. The van der Waals surface area contributed by atoms with Crippen molar-refractivity contribution in [2.45, 2.75) is 84.6 Å². The predicted molar refractivity (Wildman–Crippen MR) is 77.0 cm³/mol. The van der Waals surface area contributed by atoms with Crippen LogP contribution in [0.2, 0.25) is 0 Å². The molecule has 1 nitrogen and oxygen atoms in total. The smallest absolute Gasteiger partial charge is 0.00672 e. The molecular formula is C16H33N. The first-order valence-electron chi connectivity index (χ1n) is 7.90. The molecule has 0 aromatic carbocycles. The quantitative estimate of drug-likeness (QED) is 0.638. The van der Waals surface area contributed by atoms with Gasteiger partial charge in [0.2, 0.25) is 0 Å². The van der Waals surface area contributed by atoms with Crippen LogP contribution in [0.1, 0.15) is 78.6 Å². The number of nitrogens with two attached hydrogens (primary N) is 1. The lowest BCUT2D eigenvalue weighted by Crippen LogP contribution is -2.35. The lowest BCUT2D eigenvalue weighted by molar-refractivity contribution is 0.180. The van der Waals surface area contributed by atoms with Gasteiger partial charge in [0.25, 0.3) is 0 Å². The zero-order chi connectivity index (χ0) is 12.7. The zero-order valence-electron chi connectivity index (χ0n) is 12.3. The first-order chi connectivity index (χ1) is 8.15. The van der Waals surface area contributed by atoms with Crippen molar-refractivity contribution < 1.29 is 0 Å². The summed E-state index contributed by atoms with van der Waals surface area (Å²) in [5.74, 6) is 2.62. The van der Waals surface area contributed by atoms with Gasteiger partial charge < -0.3 is 5.73 Å². The summed E-state index contributed by atoms with van der Waals surface area (Å²) < 4.78 is 0. The van der Waals surface area contributed by atoms with E-state index in [0.717, 1.165) is 17.8 Å². The summed E-state index contributed by atoms with van der Waals surface area (Å²) in [6.07, 6.45) is 12.3. The van der Waals surface area contributed by atoms with E-state index in [-0.39, 0.29) is 0 Å². The molecule has 2 N–H and O–H groups in total. The molecule has 17 heavy (non-hydrogen) atoms. The third kappa shape index (κ3) is 5.42. The van der Waals surface area contributed by atoms with Gasteiger partial charge in [0, 0.05) is 6.04 Å². The van der Waals surface area contributed by atoms with Gasteiger partial charge in [0.1, 0.15) is 0 Å². The van der Waals surface area contributed by atoms with E-state index in [0.29, 0.717) is 6.04 Å². The Morgan fingerprint density at radius 3 is 2.35 bits per heavy atom. The van der Waals surface area contributed by atoms with Crippen LogP contribution in [0, 0.1) is 17.8 Å². The van der Waals surface area contributed by atoms with Crippen LogP contribution < -0.4 is 5.73 Å². The molecule has 1 aliphatic carbocycles. The van der Waals surface area contributed by atoms with Gasteiger partial charge in [-0.15, -0.1) is 0 Å². The Bertz CT molecular complexity index is 190. The Morgan fingerprint density at radius 1 is 1.00 bits per heavy atom. The average molecular weight is 239 g/mol. The van der Waals surface area contributed by atoms with Crippen molar-refractivity contribution in [2.75, 3.05) is 0 Å². The predicted octanol–water partition coefficient (Wildman–Crippen LogP) is 4.75. The van der Waals surface area contributed by atoms with E-state index in [4.69, 9.17) is 5.73 Å². The van der Waals surface area contributed by atoms with E-state index < -0.39 is 0 Å². The molecule has 1 saturated carbocycles. The fourth-order valence-corrected chi connectivity index (χ4v) is 3.20. The summed E-state index contributed by atoms with van der Waals surface area (Å²) >= 11 is 0. The van der Waals surface area contributed by atoms with E-state index in [2.05, 4.69) is 20.8 Å². The maximum Gasteiger partial charge on any atom is 0.00672 e. The standard InChI is InChI=1S/C16H33N/c1-4-5-6-7-8-9-16(17)15-11-10-13(2)14(3)12-15/h13-16H,4-12,17H2,1-3H3. The molecular weight excluding hydrogens is 206 g/mol. The fraction of sp³-hybridized carbons (Fsp3) is 1.00. The van der Waals surface area contributed by atoms with Gasteiger partial charge in [0.05, 0.1) is 0 Å². The highest BCUT2D eigenvalue weighted by molar-refractivity contribution is 4.81. The van der Waals surface area contributed by atoms with Crippen LogP contribution in [0.4, 0.5) is 0 Å². The van der Waals surface area contributed by atoms with Gasteiger partial charge in [-0.1, -0.05) is 59.3 Å². The Labute approximate surface area is 109 Å². The largest absolute Gasteiger partial charge is 0.327 e. The molecule has 0 spiro atoms. The van der Waals surface area contributed by atoms with E-state index in [9.17, 15) is 0 Å². The van der Waals surface area contributed by atoms with E-state index in [1.54, 1.807) is 0 Å². The highest BCUT2D eigenvalue weighted by Crippen LogP contribution is 2.35. The maximum atomic E-state index is 6.37. The van der Waals surface area contributed by atoms with Gasteiger partial charge in [-0.2, -0.15) is 0 Å². The molecule has 102 valence electrons. The topological polar surface area (TPSA) is 26.0 Å². The summed E-state index contributed by atoms with van der Waals surface area (Å²) in [4.78, 5) is 0. The molecule has 1 aliphatic rings. The van der Waals surface area contributed by atoms with Gasteiger partial charge in [0.15, 0.2) is 0 Å². The van der Waals surface area contributed by atoms with Crippen molar-refractivity contribution in [1.82, 2.24) is 0 Å². The molecule has 0 radical (unpaired) electrons. The Balaban J connectivity index is 2.12. The third-order valence-electron chi connectivity index (χ3n) is 4.89. The molecule has 1 rings (SSSR count). The van der Waals surface area contributed by atoms with Crippen LogP contribution in [-0.4, -0.2) is 6.04 Å². The van der Waals surface area contributed by atoms with Crippen LogP contribution >= 0.6 is 0 Å². The summed E-state index contributed by atoms with van der Waals surface area (Å²) in [5.41, 5.74) is 6.37. The van der Waals surface area contributed by atoms with Crippen LogP contribution in [0.15, 0.2) is 0 Å². The Morgan fingerprint density at radius 2 is 1.71 bits per heavy atom. The molecule has 0 heterocycles. The first-order valence-corrected chi connectivity index (χ1v) is 7.90. The molecule has 0 bridgehead atoms. The molecule has 0 amide bonds. The zero-order valence-corrected chi connectivity index (χ0v) is 12.3. The highest BCUT2D eigenvalue weighted by atomic mass is 14.7. The normalized spacial score (nSPS) is 31.4. The van der Waals surface area contributed by atoms with Crippen LogP contribution in [-0.2, 0) is 0 Å². The minimum atomic E-state index is 0.478. The molecule has 4 atom stereocenters. The molecule has 0 saturated heterocycles. The second kappa shape index (κ2) is 8.13. The number of unbranched alkanes of at least 4 members (excludes halogenated alkanes) is 4. The summed E-state index contributed by atoms with van der Waals surface area (Å²) in [6.45, 7) is 7.08. The van der Waals surface area contributed by atoms with Gasteiger partial charge in [-0.25, -0.2) is 0 Å². The SMILES string of the molecule is CCCCCCCC(N)C1CCC(C)C(C)C1. The van der Waals surface area contributed by atoms with Crippen LogP contribution in [0.5, 0.6) is 0 Å². The van der Waals surface area contributed by atoms with E-state index in [1.165, 1.54) is 57.8 Å². The Hall–Kier alpha value is -0.0400. The van der Waals surface area contributed by atoms with Crippen LogP contribution in [0.25, 0.3) is 0 Å². The number of rotatable bonds is 7. The molecule has 1 fully saturated rings. The van der Waals surface area contributed by atoms with Gasteiger partial charge in [-0.3, -0.25) is 0 Å². The highest BCUT2D eigenvalue weighted by Gasteiger charge is 2.27. The van der Waals surface area contributed by atoms with Gasteiger partial charge >= 0.3 is 0 Å². The minimum Gasteiger partial charge on any atom is -0.327 e. The average Bonchev–Trinajstić information content (AvgIpc) is 2.32. The lowest BCUT2D eigenvalue weighted by Gasteiger charge is -2.35. The summed E-state index contributed by atoms with van der Waals surface area (Å²) in [5, 5.41) is 0. The molecule has 1 heteroatoms. The molecule has 4 unspecified atom stereocenters. The van der Waals surface area contributed by atoms with E-state index >= 15 is 0 Å². The lowest BCUT2D eigenvalue weighted by atomic mass is 9.72. The maximum absolute atomic E-state index is 6.37. The second-order valence-electron chi connectivity index (χ2n) is 6.39. The van der Waals surface area contributed by atoms with Crippen LogP contribution in [0.3, 0.4) is 0 Å². The van der Waals surface area contributed by atoms with Crippen molar-refractivity contribution in [3.8, 4) is 0 Å². The number of hydrogen-bond acceptors (Lipinski definition) is 1. The minimum absolute atomic E-state index is 0.478. The third-order valence-corrected chi connectivity index (χ3v) is 4.89. The first kappa shape index (κ1) is 15.0. The van der Waals surface area contributed by atoms with Crippen molar-refractivity contribution in [1.29, 1.82) is 0 Å². The second-order valence-corrected chi connectivity index (χ2v) is 6.39. The fourth-order valence-electron chi connectivity index (χ4n) is 3.20. The molecule has 0 aromatic heterocycles. The van der Waals surface area contributed by atoms with Gasteiger partial charge in [-0.05, 0) is 37.0 Å². The summed E-state index contributed by atoms with van der Waals surface area (Å²) in [6, 6.07) is 0.478. The Kier molecular flexibility index (Phi) is 7.18. The van der Waals surface area contributed by atoms with Crippen molar-refractivity contribution in [3.05, 3.63) is 0 Å². The monoisotopic (exact) mass is 239 g/mol. The van der Waals surface area contributed by atoms with E-state index in [1.807, 2.05) is 0 Å². The van der Waals surface area contributed by atoms with Crippen molar-refractivity contribution >= 4 is 0 Å². The molecule has 0 aliphatic heterocycles. The van der Waals surface area contributed by atoms with Crippen molar-refractivity contribution in [2.24, 2.45) is 23.5 Å². The number of hydrogen-bond donors (Lipinski definition) is 1. The van der Waals surface area contributed by atoms with Crippen molar-refractivity contribution in [3.63, 3.8) is 0 Å². The summed E-state index contributed by atoms with van der Waals surface area (Å²) in [7, 11) is 0.